The average molecular weight is 434 g/mol. The smallest absolute Gasteiger partial charge is 0.267 e. The molecule has 3 aromatic rings. The number of amides is 1. The fraction of sp³-hybridized carbons (Fsp3) is 0.375. The van der Waals surface area contributed by atoms with Crippen LogP contribution in [0.4, 0.5) is 13.2 Å². The number of hydrogen-bond donors (Lipinski definition) is 1. The van der Waals surface area contributed by atoms with Crippen molar-refractivity contribution in [2.24, 2.45) is 7.05 Å². The number of aryl methyl sites for hydroxylation is 3. The van der Waals surface area contributed by atoms with E-state index in [1.54, 1.807) is 6.07 Å². The van der Waals surface area contributed by atoms with Crippen molar-refractivity contribution in [3.05, 3.63) is 43.5 Å². The maximum atomic E-state index is 12.9. The van der Waals surface area contributed by atoms with Gasteiger partial charge in [-0.2, -0.15) is 18.3 Å². The molecule has 3 rings (SSSR count). The van der Waals surface area contributed by atoms with Crippen molar-refractivity contribution in [1.82, 2.24) is 19.4 Å². The second-order valence-corrected chi connectivity index (χ2v) is 7.55. The van der Waals surface area contributed by atoms with Gasteiger partial charge in [0.1, 0.15) is 21.4 Å². The molecule has 28 heavy (non-hydrogen) atoms. The summed E-state index contributed by atoms with van der Waals surface area (Å²) < 4.78 is 40.4. The predicted molar refractivity (Wildman–Crippen MR) is 99.5 cm³/mol. The van der Waals surface area contributed by atoms with Crippen LogP contribution in [0.5, 0.6) is 0 Å². The largest absolute Gasteiger partial charge is 0.436 e. The van der Waals surface area contributed by atoms with Crippen LogP contribution in [0.25, 0.3) is 10.2 Å². The normalized spacial score (nSPS) is 12.0. The van der Waals surface area contributed by atoms with E-state index in [1.807, 2.05) is 6.92 Å². The molecule has 0 saturated carbocycles. The Morgan fingerprint density at radius 3 is 2.64 bits per heavy atom. The summed E-state index contributed by atoms with van der Waals surface area (Å²) in [5.41, 5.74) is -0.145. The van der Waals surface area contributed by atoms with Gasteiger partial charge in [-0.15, -0.1) is 11.3 Å². The van der Waals surface area contributed by atoms with Crippen molar-refractivity contribution in [3.63, 3.8) is 0 Å². The molecule has 1 amide bonds. The average Bonchev–Trinajstić information content (AvgIpc) is 3.12. The lowest BCUT2D eigenvalue weighted by molar-refractivity contribution is -0.141. The first-order valence-electron chi connectivity index (χ1n) is 8.17. The van der Waals surface area contributed by atoms with Gasteiger partial charge in [0.05, 0.1) is 5.39 Å². The number of hydrogen-bond acceptors (Lipinski definition) is 5. The van der Waals surface area contributed by atoms with Crippen LogP contribution in [0.2, 0.25) is 5.02 Å². The molecule has 0 aromatic carbocycles. The van der Waals surface area contributed by atoms with E-state index in [1.165, 1.54) is 18.3 Å². The topological polar surface area (TPSA) is 81.8 Å². The number of alkyl halides is 3. The Morgan fingerprint density at radius 1 is 1.39 bits per heavy atom. The Hall–Kier alpha value is -2.40. The number of halogens is 4. The van der Waals surface area contributed by atoms with Gasteiger partial charge in [-0.05, 0) is 19.4 Å². The van der Waals surface area contributed by atoms with Gasteiger partial charge in [-0.1, -0.05) is 24.9 Å². The molecule has 3 aromatic heterocycles. The monoisotopic (exact) mass is 433 g/mol. The van der Waals surface area contributed by atoms with Gasteiger partial charge in [-0.3, -0.25) is 19.7 Å². The Kier molecular flexibility index (Phi) is 5.24. The van der Waals surface area contributed by atoms with Gasteiger partial charge < -0.3 is 0 Å². The minimum Gasteiger partial charge on any atom is -0.267 e. The molecule has 0 bridgehead atoms. The molecule has 3 heterocycles. The molecule has 0 aliphatic heterocycles. The third-order valence-electron chi connectivity index (χ3n) is 3.97. The fourth-order valence-corrected chi connectivity index (χ4v) is 4.23. The number of nitrogens with zero attached hydrogens (tertiary/aromatic N) is 4. The summed E-state index contributed by atoms with van der Waals surface area (Å²) in [7, 11) is 1.16. The Labute approximate surface area is 165 Å². The van der Waals surface area contributed by atoms with E-state index < -0.39 is 34.1 Å². The van der Waals surface area contributed by atoms with Crippen molar-refractivity contribution < 1.29 is 18.0 Å². The van der Waals surface area contributed by atoms with Crippen LogP contribution in [0.1, 0.15) is 40.2 Å². The predicted octanol–water partition coefficient (Wildman–Crippen LogP) is 3.51. The van der Waals surface area contributed by atoms with Crippen LogP contribution < -0.4 is 11.0 Å². The molecular weight excluding hydrogens is 419 g/mol. The fourth-order valence-electron chi connectivity index (χ4n) is 2.71. The van der Waals surface area contributed by atoms with E-state index in [-0.39, 0.29) is 5.82 Å². The van der Waals surface area contributed by atoms with Crippen molar-refractivity contribution in [1.29, 1.82) is 0 Å². The molecular formula is C16H15ClF3N5O2S. The lowest BCUT2D eigenvalue weighted by atomic mass is 10.2. The molecule has 7 nitrogen and oxygen atoms in total. The molecule has 12 heteroatoms. The molecule has 0 aliphatic rings. The first-order valence-corrected chi connectivity index (χ1v) is 9.37. The molecule has 150 valence electrons. The standard InChI is InChI=1S/C16H15ClF3N5O2S/c1-4-5-8-6-9-14(28-8)21-7(2)25(15(9)27)23-13(26)11-10(17)12(16(18,19)20)22-24(11)3/h6H,4-5H2,1-3H3,(H,23,26). The van der Waals surface area contributed by atoms with Crippen LogP contribution >= 0.6 is 22.9 Å². The van der Waals surface area contributed by atoms with Crippen LogP contribution in [0, 0.1) is 6.92 Å². The van der Waals surface area contributed by atoms with Crippen molar-refractivity contribution in [2.45, 2.75) is 32.9 Å². The molecule has 1 N–H and O–H groups in total. The van der Waals surface area contributed by atoms with Gasteiger partial charge in [0.15, 0.2) is 5.69 Å². The summed E-state index contributed by atoms with van der Waals surface area (Å²) in [5.74, 6) is -0.823. The van der Waals surface area contributed by atoms with E-state index in [0.29, 0.717) is 10.2 Å². The number of thiophene rings is 1. The molecule has 0 radical (unpaired) electrons. The summed E-state index contributed by atoms with van der Waals surface area (Å²) in [4.78, 5) is 31.1. The van der Waals surface area contributed by atoms with Crippen LogP contribution in [0.3, 0.4) is 0 Å². The maximum absolute atomic E-state index is 12.9. The Bertz CT molecular complexity index is 1130. The highest BCUT2D eigenvalue weighted by Crippen LogP contribution is 2.35. The van der Waals surface area contributed by atoms with Crippen LogP contribution in [-0.4, -0.2) is 25.3 Å². The molecule has 0 unspecified atom stereocenters. The second kappa shape index (κ2) is 7.21. The number of nitrogens with one attached hydrogen (secondary N) is 1. The van der Waals surface area contributed by atoms with Gasteiger partial charge in [0, 0.05) is 11.9 Å². The van der Waals surface area contributed by atoms with Gasteiger partial charge >= 0.3 is 6.18 Å². The minimum atomic E-state index is -4.81. The molecule has 0 atom stereocenters. The number of carbonyl (C=O) groups excluding carboxylic acids is 1. The highest BCUT2D eigenvalue weighted by atomic mass is 35.5. The van der Waals surface area contributed by atoms with Gasteiger partial charge in [0.2, 0.25) is 0 Å². The number of aromatic nitrogens is 4. The van der Waals surface area contributed by atoms with Crippen LogP contribution in [-0.2, 0) is 19.6 Å². The van der Waals surface area contributed by atoms with Gasteiger partial charge in [0.25, 0.3) is 11.5 Å². The van der Waals surface area contributed by atoms with E-state index in [2.05, 4.69) is 15.5 Å². The summed E-state index contributed by atoms with van der Waals surface area (Å²) in [6, 6.07) is 1.71. The summed E-state index contributed by atoms with van der Waals surface area (Å²) in [6.07, 6.45) is -3.12. The lowest BCUT2D eigenvalue weighted by Gasteiger charge is -2.11. The molecule has 0 saturated heterocycles. The first kappa shape index (κ1) is 20.3. The zero-order valence-electron chi connectivity index (χ0n) is 15.0. The number of carbonyl (C=O) groups is 1. The van der Waals surface area contributed by atoms with E-state index in [9.17, 15) is 22.8 Å². The highest BCUT2D eigenvalue weighted by molar-refractivity contribution is 7.18. The number of rotatable bonds is 4. The quantitative estimate of drug-likeness (QED) is 0.682. The first-order chi connectivity index (χ1) is 13.0. The molecule has 0 aliphatic carbocycles. The van der Waals surface area contributed by atoms with E-state index >= 15 is 0 Å². The highest BCUT2D eigenvalue weighted by Gasteiger charge is 2.39. The number of fused-ring (bicyclic) bond motifs is 1. The third kappa shape index (κ3) is 3.51. The Morgan fingerprint density at radius 2 is 2.07 bits per heavy atom. The van der Waals surface area contributed by atoms with Gasteiger partial charge in [-0.25, -0.2) is 9.66 Å². The third-order valence-corrected chi connectivity index (χ3v) is 5.41. The lowest BCUT2D eigenvalue weighted by Crippen LogP contribution is -2.36. The molecule has 0 spiro atoms. The minimum absolute atomic E-state index is 0.185. The van der Waals surface area contributed by atoms with E-state index in [4.69, 9.17) is 11.6 Å². The van der Waals surface area contributed by atoms with Crippen molar-refractivity contribution in [3.8, 4) is 0 Å². The van der Waals surface area contributed by atoms with Crippen molar-refractivity contribution >= 4 is 39.1 Å². The van der Waals surface area contributed by atoms with Crippen LogP contribution in [0.15, 0.2) is 10.9 Å². The molecule has 0 fully saturated rings. The second-order valence-electron chi connectivity index (χ2n) is 6.05. The summed E-state index contributed by atoms with van der Waals surface area (Å²) in [5, 5.41) is 2.75. The zero-order valence-corrected chi connectivity index (χ0v) is 16.6. The summed E-state index contributed by atoms with van der Waals surface area (Å²) >= 11 is 7.11. The van der Waals surface area contributed by atoms with E-state index in [0.717, 1.165) is 34.1 Å². The Balaban J connectivity index is 2.03. The maximum Gasteiger partial charge on any atom is 0.436 e. The summed E-state index contributed by atoms with van der Waals surface area (Å²) in [6.45, 7) is 3.51. The zero-order chi connectivity index (χ0) is 20.8. The van der Waals surface area contributed by atoms with Crippen molar-refractivity contribution in [2.75, 3.05) is 5.43 Å². The SMILES string of the molecule is CCCc1cc2c(=O)n(NC(=O)c3c(Cl)c(C(F)(F)F)nn3C)c(C)nc2s1.